The van der Waals surface area contributed by atoms with Gasteiger partial charge in [0.25, 0.3) is 0 Å². The summed E-state index contributed by atoms with van der Waals surface area (Å²) in [6, 6.07) is 5.71. The molecule has 4 N–H and O–H groups in total. The van der Waals surface area contributed by atoms with E-state index < -0.39 is 5.60 Å². The zero-order valence-corrected chi connectivity index (χ0v) is 13.6. The van der Waals surface area contributed by atoms with Crippen LogP contribution >= 0.6 is 0 Å². The number of carbonyl (C=O) groups is 1. The first-order valence-corrected chi connectivity index (χ1v) is 8.25. The molecule has 3 rings (SSSR count). The minimum absolute atomic E-state index is 0.126. The Morgan fingerprint density at radius 3 is 3.08 bits per heavy atom. The number of piperidine rings is 1. The number of amides is 1. The average Bonchev–Trinajstić information content (AvgIpc) is 2.60. The van der Waals surface area contributed by atoms with Gasteiger partial charge >= 0.3 is 0 Å². The van der Waals surface area contributed by atoms with Gasteiger partial charge in [-0.25, -0.2) is 0 Å². The molecule has 0 unspecified atom stereocenters. The van der Waals surface area contributed by atoms with Crippen LogP contribution in [0.25, 0.3) is 11.0 Å². The lowest BCUT2D eigenvalue weighted by atomic mass is 9.92. The third kappa shape index (κ3) is 3.63. The molecule has 24 heavy (non-hydrogen) atoms. The molecule has 7 heteroatoms. The fourth-order valence-electron chi connectivity index (χ4n) is 3.17. The summed E-state index contributed by atoms with van der Waals surface area (Å²) in [7, 11) is 0. The van der Waals surface area contributed by atoms with Crippen LogP contribution in [0.15, 0.2) is 30.6 Å². The maximum atomic E-state index is 11.6. The number of nitrogens with one attached hydrogen (secondary N) is 1. The molecule has 0 aromatic carbocycles. The van der Waals surface area contributed by atoms with Gasteiger partial charge in [0.15, 0.2) is 0 Å². The van der Waals surface area contributed by atoms with Crippen LogP contribution in [0.2, 0.25) is 0 Å². The van der Waals surface area contributed by atoms with Gasteiger partial charge < -0.3 is 21.1 Å². The van der Waals surface area contributed by atoms with Crippen molar-refractivity contribution in [2.75, 3.05) is 31.1 Å². The summed E-state index contributed by atoms with van der Waals surface area (Å²) in [4.78, 5) is 22.5. The largest absolute Gasteiger partial charge is 0.386 e. The minimum Gasteiger partial charge on any atom is -0.386 e. The number of carbonyl (C=O) groups excluding carboxylic acids is 1. The molecule has 1 fully saturated rings. The van der Waals surface area contributed by atoms with E-state index in [2.05, 4.69) is 20.2 Å². The van der Waals surface area contributed by atoms with Gasteiger partial charge in [-0.05, 0) is 31.0 Å². The molecule has 1 atom stereocenters. The third-order valence-electron chi connectivity index (χ3n) is 4.36. The second-order valence-electron chi connectivity index (χ2n) is 6.27. The smallest absolute Gasteiger partial charge is 0.221 e. The van der Waals surface area contributed by atoms with Crippen molar-refractivity contribution < 1.29 is 9.90 Å². The van der Waals surface area contributed by atoms with E-state index in [-0.39, 0.29) is 18.9 Å². The van der Waals surface area contributed by atoms with Gasteiger partial charge in [-0.1, -0.05) is 0 Å². The van der Waals surface area contributed by atoms with Crippen LogP contribution in [0.4, 0.5) is 5.69 Å². The monoisotopic (exact) mass is 329 g/mol. The standard InChI is InChI=1S/C17H23N5O2/c18-7-4-15(23)21-11-17(24)6-2-10-22(12-17)14-5-9-19-13-3-1-8-20-16(13)14/h1,3,5,8-9,24H,2,4,6-7,10-12,18H2,(H,21,23)/t17-/m1/s1. The Labute approximate surface area is 140 Å². The third-order valence-corrected chi connectivity index (χ3v) is 4.36. The number of hydrogen-bond donors (Lipinski definition) is 3. The van der Waals surface area contributed by atoms with E-state index in [9.17, 15) is 9.90 Å². The lowest BCUT2D eigenvalue weighted by molar-refractivity contribution is -0.122. The normalized spacial score (nSPS) is 21.0. The summed E-state index contributed by atoms with van der Waals surface area (Å²) in [5.41, 5.74) is 7.05. The lowest BCUT2D eigenvalue weighted by Gasteiger charge is -2.40. The number of nitrogens with two attached hydrogens (primary N) is 1. The summed E-state index contributed by atoms with van der Waals surface area (Å²) in [6.45, 7) is 1.84. The van der Waals surface area contributed by atoms with E-state index in [0.29, 0.717) is 19.5 Å². The molecule has 0 saturated carbocycles. The van der Waals surface area contributed by atoms with Crippen molar-refractivity contribution in [3.63, 3.8) is 0 Å². The van der Waals surface area contributed by atoms with Crippen LogP contribution < -0.4 is 16.0 Å². The van der Waals surface area contributed by atoms with Crippen LogP contribution in [-0.2, 0) is 4.79 Å². The SMILES string of the molecule is NCCC(=O)NC[C@]1(O)CCCN(c2ccnc3cccnc23)C1. The quantitative estimate of drug-likeness (QED) is 0.735. The van der Waals surface area contributed by atoms with E-state index in [1.54, 1.807) is 12.4 Å². The maximum Gasteiger partial charge on any atom is 0.221 e. The Morgan fingerprint density at radius 1 is 1.38 bits per heavy atom. The first kappa shape index (κ1) is 16.6. The van der Waals surface area contributed by atoms with E-state index >= 15 is 0 Å². The Hall–Kier alpha value is -2.25. The Bertz CT molecular complexity index is 718. The number of fused-ring (bicyclic) bond motifs is 1. The zero-order valence-electron chi connectivity index (χ0n) is 13.6. The second-order valence-corrected chi connectivity index (χ2v) is 6.27. The van der Waals surface area contributed by atoms with Gasteiger partial charge in [-0.2, -0.15) is 0 Å². The molecule has 0 spiro atoms. The summed E-state index contributed by atoms with van der Waals surface area (Å²) >= 11 is 0. The number of rotatable bonds is 5. The van der Waals surface area contributed by atoms with Crippen molar-refractivity contribution in [2.24, 2.45) is 5.73 Å². The van der Waals surface area contributed by atoms with Crippen molar-refractivity contribution in [3.05, 3.63) is 30.6 Å². The topological polar surface area (TPSA) is 104 Å². The van der Waals surface area contributed by atoms with Gasteiger partial charge in [0.2, 0.25) is 5.91 Å². The van der Waals surface area contributed by atoms with E-state index in [1.807, 2.05) is 18.2 Å². The first-order valence-electron chi connectivity index (χ1n) is 8.25. The highest BCUT2D eigenvalue weighted by molar-refractivity contribution is 5.87. The molecule has 0 aliphatic carbocycles. The van der Waals surface area contributed by atoms with Crippen molar-refractivity contribution >= 4 is 22.6 Å². The number of hydrogen-bond acceptors (Lipinski definition) is 6. The predicted octanol–water partition coefficient (Wildman–Crippen LogP) is 0.426. The number of aliphatic hydroxyl groups is 1. The second kappa shape index (κ2) is 7.11. The van der Waals surface area contributed by atoms with Crippen LogP contribution in [0, 0.1) is 0 Å². The number of aromatic nitrogens is 2. The Morgan fingerprint density at radius 2 is 2.25 bits per heavy atom. The summed E-state index contributed by atoms with van der Waals surface area (Å²) in [5, 5.41) is 13.6. The lowest BCUT2D eigenvalue weighted by Crippen LogP contribution is -2.54. The summed E-state index contributed by atoms with van der Waals surface area (Å²) in [6.07, 6.45) is 5.29. The van der Waals surface area contributed by atoms with E-state index in [1.165, 1.54) is 0 Å². The average molecular weight is 329 g/mol. The fraction of sp³-hybridized carbons (Fsp3) is 0.471. The highest BCUT2D eigenvalue weighted by atomic mass is 16.3. The number of nitrogens with zero attached hydrogens (tertiary/aromatic N) is 3. The molecular formula is C17H23N5O2. The number of anilines is 1. The van der Waals surface area contributed by atoms with Crippen molar-refractivity contribution in [1.82, 2.24) is 15.3 Å². The molecule has 2 aromatic rings. The molecular weight excluding hydrogens is 306 g/mol. The molecule has 1 amide bonds. The maximum absolute atomic E-state index is 11.6. The number of β-amino-alcohol motifs (C(OH)–C–C–N with tert-alkyl or cyclic N) is 1. The summed E-state index contributed by atoms with van der Waals surface area (Å²) < 4.78 is 0. The van der Waals surface area contributed by atoms with Gasteiger partial charge in [0, 0.05) is 45.0 Å². The van der Waals surface area contributed by atoms with E-state index in [4.69, 9.17) is 5.73 Å². The van der Waals surface area contributed by atoms with Crippen molar-refractivity contribution in [3.8, 4) is 0 Å². The minimum atomic E-state index is -0.952. The fourth-order valence-corrected chi connectivity index (χ4v) is 3.17. The van der Waals surface area contributed by atoms with Crippen LogP contribution in [0.1, 0.15) is 19.3 Å². The summed E-state index contributed by atoms with van der Waals surface area (Å²) in [5.74, 6) is -0.126. The van der Waals surface area contributed by atoms with Gasteiger partial charge in [0.05, 0.1) is 16.8 Å². The van der Waals surface area contributed by atoms with Crippen molar-refractivity contribution in [1.29, 1.82) is 0 Å². The zero-order chi connectivity index (χ0) is 17.0. The molecule has 128 valence electrons. The Kier molecular flexibility index (Phi) is 4.92. The van der Waals surface area contributed by atoms with Gasteiger partial charge in [-0.3, -0.25) is 14.8 Å². The van der Waals surface area contributed by atoms with Gasteiger partial charge in [0.1, 0.15) is 5.52 Å². The number of pyridine rings is 2. The van der Waals surface area contributed by atoms with E-state index in [0.717, 1.165) is 29.7 Å². The predicted molar refractivity (Wildman–Crippen MR) is 92.6 cm³/mol. The highest BCUT2D eigenvalue weighted by Crippen LogP contribution is 2.29. The first-order chi connectivity index (χ1) is 11.6. The van der Waals surface area contributed by atoms with Crippen molar-refractivity contribution in [2.45, 2.75) is 24.9 Å². The van der Waals surface area contributed by atoms with Crippen LogP contribution in [-0.4, -0.2) is 52.8 Å². The molecule has 1 aliphatic rings. The molecule has 1 aliphatic heterocycles. The molecule has 2 aromatic heterocycles. The van der Waals surface area contributed by atoms with Crippen LogP contribution in [0.5, 0.6) is 0 Å². The molecule has 0 bridgehead atoms. The molecule has 0 radical (unpaired) electrons. The van der Waals surface area contributed by atoms with Gasteiger partial charge in [-0.15, -0.1) is 0 Å². The highest BCUT2D eigenvalue weighted by Gasteiger charge is 2.34. The molecule has 3 heterocycles. The molecule has 7 nitrogen and oxygen atoms in total. The molecule has 1 saturated heterocycles. The Balaban J connectivity index is 1.76. The van der Waals surface area contributed by atoms with Crippen LogP contribution in [0.3, 0.4) is 0 Å².